The minimum Gasteiger partial charge on any atom is -0.361 e. The molecule has 1 saturated heterocycles. The zero-order valence-corrected chi connectivity index (χ0v) is 15.6. The van der Waals surface area contributed by atoms with Crippen molar-refractivity contribution in [2.24, 2.45) is 0 Å². The fraction of sp³-hybridized carbons (Fsp3) is 0.556. The van der Waals surface area contributed by atoms with Crippen LogP contribution in [-0.2, 0) is 11.2 Å². The van der Waals surface area contributed by atoms with E-state index in [-0.39, 0.29) is 12.3 Å². The van der Waals surface area contributed by atoms with Gasteiger partial charge in [0.1, 0.15) is 11.6 Å². The number of amides is 1. The van der Waals surface area contributed by atoms with Crippen molar-refractivity contribution >= 4 is 17.7 Å². The zero-order chi connectivity index (χ0) is 18.5. The number of hydrogen-bond acceptors (Lipinski definition) is 7. The Balaban J connectivity index is 1.46. The lowest BCUT2D eigenvalue weighted by Crippen LogP contribution is -2.30. The lowest BCUT2D eigenvalue weighted by molar-refractivity contribution is -0.120. The minimum atomic E-state index is -0.0517. The molecule has 0 bridgehead atoms. The van der Waals surface area contributed by atoms with E-state index >= 15 is 0 Å². The van der Waals surface area contributed by atoms with Gasteiger partial charge in [-0.2, -0.15) is 4.98 Å². The summed E-state index contributed by atoms with van der Waals surface area (Å²) in [6.07, 6.45) is 2.70. The summed E-state index contributed by atoms with van der Waals surface area (Å²) in [5.74, 6) is 2.22. The normalized spacial score (nSPS) is 13.9. The molecule has 0 unspecified atom stereocenters. The van der Waals surface area contributed by atoms with Crippen molar-refractivity contribution in [2.75, 3.05) is 36.4 Å². The first-order chi connectivity index (χ1) is 12.5. The van der Waals surface area contributed by atoms with E-state index in [2.05, 4.69) is 30.7 Å². The zero-order valence-electron chi connectivity index (χ0n) is 15.6. The van der Waals surface area contributed by atoms with Crippen molar-refractivity contribution in [3.05, 3.63) is 28.8 Å². The van der Waals surface area contributed by atoms with Crippen molar-refractivity contribution < 1.29 is 9.32 Å². The molecule has 8 nitrogen and oxygen atoms in total. The van der Waals surface area contributed by atoms with Gasteiger partial charge in [-0.3, -0.25) is 4.79 Å². The Bertz CT molecular complexity index is 748. The molecular formula is C18H26N6O2. The van der Waals surface area contributed by atoms with E-state index in [0.717, 1.165) is 35.9 Å². The third-order valence-corrected chi connectivity index (χ3v) is 4.52. The second kappa shape index (κ2) is 8.16. The van der Waals surface area contributed by atoms with E-state index in [1.165, 1.54) is 12.8 Å². The second-order valence-electron chi connectivity index (χ2n) is 6.64. The van der Waals surface area contributed by atoms with Gasteiger partial charge in [-0.25, -0.2) is 4.98 Å². The van der Waals surface area contributed by atoms with Crippen LogP contribution >= 0.6 is 0 Å². The quantitative estimate of drug-likeness (QED) is 0.728. The Hall–Kier alpha value is -2.64. The number of rotatable bonds is 7. The lowest BCUT2D eigenvalue weighted by atomic mass is 10.1. The molecule has 0 spiro atoms. The van der Waals surface area contributed by atoms with Crippen LogP contribution in [0.25, 0.3) is 0 Å². The second-order valence-corrected chi connectivity index (χ2v) is 6.64. The summed E-state index contributed by atoms with van der Waals surface area (Å²) in [6, 6.07) is 2.02. The molecule has 1 fully saturated rings. The Kier molecular flexibility index (Phi) is 5.70. The standard InChI is InChI=1S/C18H26N6O2/c1-12-10-16(24-8-4-5-9-24)22-18(21-12)20-7-6-19-17(25)11-15-13(2)23-26-14(15)3/h10H,4-9,11H2,1-3H3,(H,19,25)(H,20,21,22). The third-order valence-electron chi connectivity index (χ3n) is 4.52. The molecule has 0 saturated carbocycles. The van der Waals surface area contributed by atoms with Crippen LogP contribution in [0, 0.1) is 20.8 Å². The Morgan fingerprint density at radius 2 is 1.96 bits per heavy atom. The number of aryl methyl sites for hydroxylation is 3. The number of nitrogens with one attached hydrogen (secondary N) is 2. The molecule has 140 valence electrons. The van der Waals surface area contributed by atoms with Gasteiger partial charge in [-0.1, -0.05) is 5.16 Å². The van der Waals surface area contributed by atoms with E-state index in [9.17, 15) is 4.79 Å². The molecule has 0 aliphatic carbocycles. The summed E-state index contributed by atoms with van der Waals surface area (Å²) in [4.78, 5) is 23.4. The van der Waals surface area contributed by atoms with Gasteiger partial charge < -0.3 is 20.1 Å². The van der Waals surface area contributed by atoms with Gasteiger partial charge in [-0.05, 0) is 33.6 Å². The molecule has 2 aromatic heterocycles. The highest BCUT2D eigenvalue weighted by molar-refractivity contribution is 5.79. The SMILES string of the molecule is Cc1cc(N2CCCC2)nc(NCCNC(=O)Cc2c(C)noc2C)n1. The van der Waals surface area contributed by atoms with Crippen LogP contribution in [0.2, 0.25) is 0 Å². The number of anilines is 2. The van der Waals surface area contributed by atoms with Crippen LogP contribution in [0.3, 0.4) is 0 Å². The Labute approximate surface area is 153 Å². The van der Waals surface area contributed by atoms with Crippen LogP contribution in [0.15, 0.2) is 10.6 Å². The molecule has 0 radical (unpaired) electrons. The highest BCUT2D eigenvalue weighted by Gasteiger charge is 2.15. The highest BCUT2D eigenvalue weighted by Crippen LogP contribution is 2.19. The first kappa shape index (κ1) is 18.2. The molecule has 3 heterocycles. The molecule has 1 aliphatic rings. The van der Waals surface area contributed by atoms with Crippen molar-refractivity contribution in [3.63, 3.8) is 0 Å². The Morgan fingerprint density at radius 3 is 2.65 bits per heavy atom. The van der Waals surface area contributed by atoms with Crippen molar-refractivity contribution in [2.45, 2.75) is 40.0 Å². The fourth-order valence-electron chi connectivity index (χ4n) is 3.09. The first-order valence-corrected chi connectivity index (χ1v) is 9.06. The van der Waals surface area contributed by atoms with Gasteiger partial charge in [0.25, 0.3) is 0 Å². The van der Waals surface area contributed by atoms with Gasteiger partial charge in [-0.15, -0.1) is 0 Å². The predicted octanol–water partition coefficient (Wildman–Crippen LogP) is 1.76. The summed E-state index contributed by atoms with van der Waals surface area (Å²) in [5.41, 5.74) is 2.55. The molecule has 26 heavy (non-hydrogen) atoms. The average molecular weight is 358 g/mol. The van der Waals surface area contributed by atoms with Crippen molar-refractivity contribution in [1.82, 2.24) is 20.4 Å². The average Bonchev–Trinajstić information content (AvgIpc) is 3.24. The van der Waals surface area contributed by atoms with Crippen LogP contribution in [0.1, 0.15) is 35.6 Å². The van der Waals surface area contributed by atoms with Gasteiger partial charge in [0.05, 0.1) is 12.1 Å². The van der Waals surface area contributed by atoms with Crippen molar-refractivity contribution in [1.29, 1.82) is 0 Å². The number of hydrogen-bond donors (Lipinski definition) is 2. The summed E-state index contributed by atoms with van der Waals surface area (Å²) < 4.78 is 5.08. The number of aromatic nitrogens is 3. The number of nitrogens with zero attached hydrogens (tertiary/aromatic N) is 4. The van der Waals surface area contributed by atoms with Gasteiger partial charge in [0.15, 0.2) is 0 Å². The molecule has 2 N–H and O–H groups in total. The van der Waals surface area contributed by atoms with Crippen LogP contribution in [-0.4, -0.2) is 47.2 Å². The van der Waals surface area contributed by atoms with Gasteiger partial charge in [0.2, 0.25) is 11.9 Å². The predicted molar refractivity (Wildman–Crippen MR) is 99.4 cm³/mol. The lowest BCUT2D eigenvalue weighted by Gasteiger charge is -2.17. The maximum Gasteiger partial charge on any atom is 0.224 e. The number of carbonyl (C=O) groups is 1. The first-order valence-electron chi connectivity index (χ1n) is 9.06. The van der Waals surface area contributed by atoms with E-state index in [4.69, 9.17) is 4.52 Å². The van der Waals surface area contributed by atoms with Crippen LogP contribution in [0.5, 0.6) is 0 Å². The van der Waals surface area contributed by atoms with E-state index in [0.29, 0.717) is 24.8 Å². The molecule has 1 aliphatic heterocycles. The highest BCUT2D eigenvalue weighted by atomic mass is 16.5. The van der Waals surface area contributed by atoms with Gasteiger partial charge in [0, 0.05) is 43.5 Å². The third kappa shape index (κ3) is 4.50. The van der Waals surface area contributed by atoms with Gasteiger partial charge >= 0.3 is 0 Å². The molecule has 8 heteroatoms. The molecule has 1 amide bonds. The summed E-state index contributed by atoms with van der Waals surface area (Å²) in [7, 11) is 0. The maximum atomic E-state index is 12.1. The summed E-state index contributed by atoms with van der Waals surface area (Å²) >= 11 is 0. The molecule has 0 atom stereocenters. The topological polar surface area (TPSA) is 96.2 Å². The molecule has 3 rings (SSSR count). The number of carbonyl (C=O) groups excluding carboxylic acids is 1. The van der Waals surface area contributed by atoms with E-state index in [1.807, 2.05) is 26.8 Å². The molecular weight excluding hydrogens is 332 g/mol. The monoisotopic (exact) mass is 358 g/mol. The van der Waals surface area contributed by atoms with Crippen LogP contribution < -0.4 is 15.5 Å². The maximum absolute atomic E-state index is 12.1. The largest absolute Gasteiger partial charge is 0.361 e. The van der Waals surface area contributed by atoms with E-state index < -0.39 is 0 Å². The van der Waals surface area contributed by atoms with E-state index in [1.54, 1.807) is 0 Å². The smallest absolute Gasteiger partial charge is 0.224 e. The minimum absolute atomic E-state index is 0.0517. The summed E-state index contributed by atoms with van der Waals surface area (Å²) in [5, 5.41) is 9.95. The molecule has 0 aromatic carbocycles. The van der Waals surface area contributed by atoms with Crippen LogP contribution in [0.4, 0.5) is 11.8 Å². The molecule has 2 aromatic rings. The fourth-order valence-corrected chi connectivity index (χ4v) is 3.09. The summed E-state index contributed by atoms with van der Waals surface area (Å²) in [6.45, 7) is 8.79. The van der Waals surface area contributed by atoms with Crippen molar-refractivity contribution in [3.8, 4) is 0 Å². The Morgan fingerprint density at radius 1 is 1.19 bits per heavy atom.